The molecule has 0 amide bonds. The number of hydrogen-bond donors (Lipinski definition) is 0. The first kappa shape index (κ1) is 11.4. The molecule has 19 heavy (non-hydrogen) atoms. The largest absolute Gasteiger partial charge is 0.301 e. The van der Waals surface area contributed by atoms with Gasteiger partial charge in [-0.3, -0.25) is 4.98 Å². The predicted octanol–water partition coefficient (Wildman–Crippen LogP) is 2.91. The maximum Gasteiger partial charge on any atom is 0.103 e. The molecule has 0 N–H and O–H groups in total. The van der Waals surface area contributed by atoms with E-state index in [1.807, 2.05) is 42.7 Å². The molecule has 1 aromatic carbocycles. The summed E-state index contributed by atoms with van der Waals surface area (Å²) in [4.78, 5) is 8.63. The van der Waals surface area contributed by atoms with Crippen molar-refractivity contribution in [2.24, 2.45) is 0 Å². The van der Waals surface area contributed by atoms with Crippen molar-refractivity contribution in [2.75, 3.05) is 0 Å². The van der Waals surface area contributed by atoms with Crippen molar-refractivity contribution in [3.05, 3.63) is 53.7 Å². The zero-order valence-corrected chi connectivity index (χ0v) is 10.8. The second kappa shape index (κ2) is 4.21. The molecule has 0 unspecified atom stereocenters. The lowest BCUT2D eigenvalue weighted by atomic mass is 10.1. The molecule has 4 nitrogen and oxygen atoms in total. The number of rotatable bonds is 1. The second-order valence-corrected chi connectivity index (χ2v) is 4.43. The SMILES string of the molecule is Cc1ncn(-c2c(C#N)cnc3ccccc23)c1C. The van der Waals surface area contributed by atoms with Crippen LogP contribution < -0.4 is 0 Å². The minimum Gasteiger partial charge on any atom is -0.301 e. The van der Waals surface area contributed by atoms with Gasteiger partial charge in [-0.25, -0.2) is 4.98 Å². The summed E-state index contributed by atoms with van der Waals surface area (Å²) >= 11 is 0. The molecule has 4 heteroatoms. The fraction of sp³-hybridized carbons (Fsp3) is 0.133. The van der Waals surface area contributed by atoms with Crippen molar-refractivity contribution in [1.29, 1.82) is 5.26 Å². The van der Waals surface area contributed by atoms with Gasteiger partial charge in [0.2, 0.25) is 0 Å². The van der Waals surface area contributed by atoms with Crippen LogP contribution in [-0.2, 0) is 0 Å². The lowest BCUT2D eigenvalue weighted by Crippen LogP contribution is -2.01. The molecule has 0 fully saturated rings. The Morgan fingerprint density at radius 3 is 2.63 bits per heavy atom. The fourth-order valence-corrected chi connectivity index (χ4v) is 2.19. The summed E-state index contributed by atoms with van der Waals surface area (Å²) in [6.45, 7) is 3.96. The van der Waals surface area contributed by atoms with Crippen molar-refractivity contribution >= 4 is 10.9 Å². The molecule has 0 aliphatic rings. The quantitative estimate of drug-likeness (QED) is 0.665. The molecule has 3 aromatic rings. The van der Waals surface area contributed by atoms with Crippen LogP contribution in [0.2, 0.25) is 0 Å². The zero-order chi connectivity index (χ0) is 13.4. The van der Waals surface area contributed by atoms with Crippen LogP contribution in [0.5, 0.6) is 0 Å². The summed E-state index contributed by atoms with van der Waals surface area (Å²) in [6.07, 6.45) is 3.37. The maximum atomic E-state index is 9.31. The van der Waals surface area contributed by atoms with E-state index in [1.165, 1.54) is 0 Å². The number of aryl methyl sites for hydroxylation is 1. The van der Waals surface area contributed by atoms with Gasteiger partial charge < -0.3 is 4.57 Å². The number of aromatic nitrogens is 3. The van der Waals surface area contributed by atoms with Gasteiger partial charge in [-0.15, -0.1) is 0 Å². The van der Waals surface area contributed by atoms with Crippen LogP contribution in [0.1, 0.15) is 17.0 Å². The highest BCUT2D eigenvalue weighted by Gasteiger charge is 2.13. The van der Waals surface area contributed by atoms with Gasteiger partial charge in [0.05, 0.1) is 28.8 Å². The van der Waals surface area contributed by atoms with Gasteiger partial charge in [0, 0.05) is 17.3 Å². The lowest BCUT2D eigenvalue weighted by Gasteiger charge is -2.11. The van der Waals surface area contributed by atoms with Gasteiger partial charge in [0.1, 0.15) is 6.07 Å². The van der Waals surface area contributed by atoms with Crippen LogP contribution >= 0.6 is 0 Å². The Morgan fingerprint density at radius 1 is 1.16 bits per heavy atom. The Morgan fingerprint density at radius 2 is 1.95 bits per heavy atom. The van der Waals surface area contributed by atoms with Gasteiger partial charge in [-0.1, -0.05) is 18.2 Å². The molecule has 0 aliphatic heterocycles. The highest BCUT2D eigenvalue weighted by atomic mass is 15.1. The highest BCUT2D eigenvalue weighted by molar-refractivity contribution is 5.89. The minimum absolute atomic E-state index is 0.555. The average molecular weight is 248 g/mol. The molecule has 0 aliphatic carbocycles. The summed E-state index contributed by atoms with van der Waals surface area (Å²) < 4.78 is 1.96. The third-order valence-electron chi connectivity index (χ3n) is 3.36. The summed E-state index contributed by atoms with van der Waals surface area (Å²) in [5, 5.41) is 10.3. The summed E-state index contributed by atoms with van der Waals surface area (Å²) in [5.41, 5.74) is 4.28. The number of hydrogen-bond acceptors (Lipinski definition) is 3. The van der Waals surface area contributed by atoms with Crippen molar-refractivity contribution in [3.8, 4) is 11.8 Å². The first-order valence-corrected chi connectivity index (χ1v) is 6.01. The van der Waals surface area contributed by atoms with Crippen LogP contribution in [0.3, 0.4) is 0 Å². The van der Waals surface area contributed by atoms with Gasteiger partial charge in [0.25, 0.3) is 0 Å². The molecule has 0 atom stereocenters. The molecule has 0 radical (unpaired) electrons. The summed E-state index contributed by atoms with van der Waals surface area (Å²) in [5.74, 6) is 0. The minimum atomic E-state index is 0.555. The number of nitriles is 1. The molecular weight excluding hydrogens is 236 g/mol. The van der Waals surface area contributed by atoms with E-state index in [0.717, 1.165) is 28.0 Å². The first-order valence-electron chi connectivity index (χ1n) is 6.01. The molecule has 2 heterocycles. The van der Waals surface area contributed by atoms with Crippen LogP contribution in [0.15, 0.2) is 36.8 Å². The van der Waals surface area contributed by atoms with E-state index in [1.54, 1.807) is 12.5 Å². The van der Waals surface area contributed by atoms with E-state index in [9.17, 15) is 5.26 Å². The summed E-state index contributed by atoms with van der Waals surface area (Å²) in [7, 11) is 0. The fourth-order valence-electron chi connectivity index (χ4n) is 2.19. The van der Waals surface area contributed by atoms with E-state index >= 15 is 0 Å². The van der Waals surface area contributed by atoms with Crippen LogP contribution in [0.25, 0.3) is 16.6 Å². The lowest BCUT2D eigenvalue weighted by molar-refractivity contribution is 1.00. The van der Waals surface area contributed by atoms with Gasteiger partial charge >= 0.3 is 0 Å². The van der Waals surface area contributed by atoms with E-state index in [2.05, 4.69) is 16.0 Å². The Kier molecular flexibility index (Phi) is 2.53. The Hall–Kier alpha value is -2.67. The van der Waals surface area contributed by atoms with E-state index < -0.39 is 0 Å². The molecular formula is C15H12N4. The van der Waals surface area contributed by atoms with Crippen LogP contribution in [-0.4, -0.2) is 14.5 Å². The van der Waals surface area contributed by atoms with Crippen molar-refractivity contribution in [3.63, 3.8) is 0 Å². The zero-order valence-electron chi connectivity index (χ0n) is 10.8. The van der Waals surface area contributed by atoms with Crippen LogP contribution in [0, 0.1) is 25.2 Å². The van der Waals surface area contributed by atoms with Crippen LogP contribution in [0.4, 0.5) is 0 Å². The standard InChI is InChI=1S/C15H12N4/c1-10-11(2)19(9-18-10)15-12(7-16)8-17-14-6-4-3-5-13(14)15/h3-6,8-9H,1-2H3. The smallest absolute Gasteiger partial charge is 0.103 e. The predicted molar refractivity (Wildman–Crippen MR) is 73.1 cm³/mol. The highest BCUT2D eigenvalue weighted by Crippen LogP contribution is 2.25. The monoisotopic (exact) mass is 248 g/mol. The second-order valence-electron chi connectivity index (χ2n) is 4.43. The number of nitrogens with zero attached hydrogens (tertiary/aromatic N) is 4. The molecule has 3 rings (SSSR count). The summed E-state index contributed by atoms with van der Waals surface area (Å²) in [6, 6.07) is 10.0. The van der Waals surface area contributed by atoms with Gasteiger partial charge in [0.15, 0.2) is 0 Å². The van der Waals surface area contributed by atoms with E-state index in [0.29, 0.717) is 5.56 Å². The number of pyridine rings is 1. The normalized spacial score (nSPS) is 10.6. The average Bonchev–Trinajstić information content (AvgIpc) is 2.77. The van der Waals surface area contributed by atoms with Crippen molar-refractivity contribution < 1.29 is 0 Å². The molecule has 2 aromatic heterocycles. The topological polar surface area (TPSA) is 54.5 Å². The van der Waals surface area contributed by atoms with Gasteiger partial charge in [-0.05, 0) is 19.9 Å². The van der Waals surface area contributed by atoms with Gasteiger partial charge in [-0.2, -0.15) is 5.26 Å². The third-order valence-corrected chi connectivity index (χ3v) is 3.36. The maximum absolute atomic E-state index is 9.31. The number of fused-ring (bicyclic) bond motifs is 1. The van der Waals surface area contributed by atoms with E-state index in [-0.39, 0.29) is 0 Å². The molecule has 0 saturated heterocycles. The molecule has 0 saturated carbocycles. The third kappa shape index (κ3) is 1.67. The first-order chi connectivity index (χ1) is 9.22. The Balaban J connectivity index is 2.45. The Labute approximate surface area is 111 Å². The number of imidazole rings is 1. The number of para-hydroxylation sites is 1. The molecule has 0 spiro atoms. The molecule has 0 bridgehead atoms. The van der Waals surface area contributed by atoms with E-state index in [4.69, 9.17) is 0 Å². The molecule has 92 valence electrons. The Bertz CT molecular complexity index is 809. The van der Waals surface area contributed by atoms with Crippen molar-refractivity contribution in [2.45, 2.75) is 13.8 Å². The number of benzene rings is 1. The van der Waals surface area contributed by atoms with Crippen molar-refractivity contribution in [1.82, 2.24) is 14.5 Å².